The first-order valence-electron chi connectivity index (χ1n) is 10.2. The van der Waals surface area contributed by atoms with E-state index in [0.717, 1.165) is 48.8 Å². The first kappa shape index (κ1) is 25.1. The van der Waals surface area contributed by atoms with E-state index in [1.807, 2.05) is 19.1 Å². The molecule has 0 amide bonds. The largest absolute Gasteiger partial charge is 0.496 e. The summed E-state index contributed by atoms with van der Waals surface area (Å²) >= 11 is 0. The van der Waals surface area contributed by atoms with Crippen LogP contribution >= 0.6 is 24.8 Å². The summed E-state index contributed by atoms with van der Waals surface area (Å²) < 4.78 is 7.41. The molecule has 1 aromatic heterocycles. The first-order chi connectivity index (χ1) is 14.3. The monoisotopic (exact) mass is 464 g/mol. The number of aromatic nitrogens is 4. The number of nitrogens with one attached hydrogen (secondary N) is 2. The van der Waals surface area contributed by atoms with Gasteiger partial charge in [0.25, 0.3) is 0 Å². The fraction of sp³-hybridized carbons (Fsp3) is 0.409. The fourth-order valence-electron chi connectivity index (χ4n) is 4.04. The summed E-state index contributed by atoms with van der Waals surface area (Å²) in [6.45, 7) is 4.54. The van der Waals surface area contributed by atoms with E-state index in [0.29, 0.717) is 12.1 Å². The minimum Gasteiger partial charge on any atom is -0.496 e. The van der Waals surface area contributed by atoms with Crippen molar-refractivity contribution in [3.05, 3.63) is 59.7 Å². The number of nitrogens with zero attached hydrogens (tertiary/aromatic N) is 4. The van der Waals surface area contributed by atoms with E-state index in [9.17, 15) is 0 Å². The smallest absolute Gasteiger partial charge is 0.182 e. The van der Waals surface area contributed by atoms with Crippen molar-refractivity contribution in [1.29, 1.82) is 0 Å². The summed E-state index contributed by atoms with van der Waals surface area (Å²) in [5, 5.41) is 19.5. The molecule has 2 aromatic carbocycles. The predicted molar refractivity (Wildman–Crippen MR) is 127 cm³/mol. The zero-order valence-corrected chi connectivity index (χ0v) is 19.5. The van der Waals surface area contributed by atoms with Crippen LogP contribution in [-0.4, -0.2) is 39.9 Å². The average molecular weight is 465 g/mol. The average Bonchev–Trinajstić information content (AvgIpc) is 3.27. The molecule has 168 valence electrons. The number of hydrogen-bond acceptors (Lipinski definition) is 6. The van der Waals surface area contributed by atoms with Gasteiger partial charge in [0.05, 0.1) is 7.11 Å². The minimum atomic E-state index is 0. The number of benzene rings is 2. The fourth-order valence-corrected chi connectivity index (χ4v) is 4.04. The number of piperidine rings is 1. The number of rotatable bonds is 7. The lowest BCUT2D eigenvalue weighted by molar-refractivity contribution is 0.303. The van der Waals surface area contributed by atoms with E-state index in [-0.39, 0.29) is 24.8 Å². The van der Waals surface area contributed by atoms with Crippen molar-refractivity contribution in [3.8, 4) is 17.1 Å². The lowest BCUT2D eigenvalue weighted by Crippen LogP contribution is -2.45. The Bertz CT molecular complexity index is 937. The van der Waals surface area contributed by atoms with Gasteiger partial charge in [-0.25, -0.2) is 4.68 Å². The van der Waals surface area contributed by atoms with Crippen LogP contribution in [0.2, 0.25) is 0 Å². The van der Waals surface area contributed by atoms with Crippen molar-refractivity contribution in [2.75, 3.05) is 13.7 Å². The second kappa shape index (κ2) is 12.0. The molecule has 2 atom stereocenters. The zero-order valence-electron chi connectivity index (χ0n) is 17.8. The third-order valence-corrected chi connectivity index (χ3v) is 5.54. The normalized spacial score (nSPS) is 18.0. The molecule has 0 saturated carbocycles. The van der Waals surface area contributed by atoms with Gasteiger partial charge in [-0.15, -0.1) is 29.9 Å². The number of methoxy groups -OCH3 is 1. The van der Waals surface area contributed by atoms with Crippen LogP contribution in [0.3, 0.4) is 0 Å². The molecule has 1 aliphatic heterocycles. The summed E-state index contributed by atoms with van der Waals surface area (Å²) in [4.78, 5) is 0. The van der Waals surface area contributed by atoms with E-state index in [1.165, 1.54) is 12.0 Å². The van der Waals surface area contributed by atoms with Crippen LogP contribution in [0, 0.1) is 0 Å². The molecule has 7 nitrogen and oxygen atoms in total. The summed E-state index contributed by atoms with van der Waals surface area (Å²) in [6.07, 6.45) is 2.31. The van der Waals surface area contributed by atoms with Crippen LogP contribution in [-0.2, 0) is 13.1 Å². The van der Waals surface area contributed by atoms with Crippen molar-refractivity contribution in [2.45, 2.75) is 44.9 Å². The van der Waals surface area contributed by atoms with Crippen LogP contribution < -0.4 is 15.4 Å². The molecule has 0 radical (unpaired) electrons. The molecule has 0 unspecified atom stereocenters. The van der Waals surface area contributed by atoms with Crippen molar-refractivity contribution >= 4 is 24.8 Å². The van der Waals surface area contributed by atoms with Gasteiger partial charge in [0.15, 0.2) is 5.82 Å². The molecule has 1 fully saturated rings. The van der Waals surface area contributed by atoms with Crippen molar-refractivity contribution in [1.82, 2.24) is 30.8 Å². The van der Waals surface area contributed by atoms with Gasteiger partial charge in [-0.05, 0) is 60.5 Å². The van der Waals surface area contributed by atoms with Crippen LogP contribution in [0.1, 0.15) is 36.9 Å². The van der Waals surface area contributed by atoms with Crippen LogP contribution in [0.5, 0.6) is 5.75 Å². The Morgan fingerprint density at radius 3 is 2.71 bits per heavy atom. The van der Waals surface area contributed by atoms with Gasteiger partial charge in [-0.1, -0.05) is 30.3 Å². The van der Waals surface area contributed by atoms with Crippen LogP contribution in [0.25, 0.3) is 11.4 Å². The molecule has 0 aliphatic carbocycles. The molecule has 1 saturated heterocycles. The summed E-state index contributed by atoms with van der Waals surface area (Å²) in [5.41, 5.74) is 3.43. The van der Waals surface area contributed by atoms with E-state index in [4.69, 9.17) is 4.74 Å². The molecular weight excluding hydrogens is 435 g/mol. The second-order valence-electron chi connectivity index (χ2n) is 7.32. The topological polar surface area (TPSA) is 76.9 Å². The Morgan fingerprint density at radius 2 is 1.97 bits per heavy atom. The standard InChI is InChI=1S/C22H28N6O.2ClH/c1-3-28-22(25-26-27-28)17-11-12-20(29-2)18(14-17)15-24-19-10-7-13-23-21(19)16-8-5-4-6-9-16;;/h4-6,8-9,11-12,14,19,21,23-24H,3,7,10,13,15H2,1-2H3;2*1H/t19-,21-;;/m0../s1. The van der Waals surface area contributed by atoms with E-state index in [1.54, 1.807) is 11.8 Å². The van der Waals surface area contributed by atoms with Crippen molar-refractivity contribution < 1.29 is 4.74 Å². The lowest BCUT2D eigenvalue weighted by atomic mass is 9.92. The first-order valence-corrected chi connectivity index (χ1v) is 10.2. The molecule has 3 aromatic rings. The van der Waals surface area contributed by atoms with Gasteiger partial charge in [-0.2, -0.15) is 0 Å². The number of hydrogen-bond donors (Lipinski definition) is 2. The van der Waals surface area contributed by atoms with Crippen molar-refractivity contribution in [2.24, 2.45) is 0 Å². The molecule has 2 N–H and O–H groups in total. The molecule has 9 heteroatoms. The zero-order chi connectivity index (χ0) is 20.1. The third-order valence-electron chi connectivity index (χ3n) is 5.54. The quantitative estimate of drug-likeness (QED) is 0.553. The van der Waals surface area contributed by atoms with Crippen LogP contribution in [0.4, 0.5) is 0 Å². The lowest BCUT2D eigenvalue weighted by Gasteiger charge is -2.34. The predicted octanol–water partition coefficient (Wildman–Crippen LogP) is 3.80. The van der Waals surface area contributed by atoms with Crippen LogP contribution in [0.15, 0.2) is 48.5 Å². The molecule has 0 bridgehead atoms. The molecule has 4 rings (SSSR count). The highest BCUT2D eigenvalue weighted by molar-refractivity contribution is 5.85. The third kappa shape index (κ3) is 5.74. The summed E-state index contributed by atoms with van der Waals surface area (Å²) in [6, 6.07) is 17.5. The number of aryl methyl sites for hydroxylation is 1. The number of halogens is 2. The molecule has 0 spiro atoms. The van der Waals surface area contributed by atoms with Gasteiger partial charge in [0, 0.05) is 36.3 Å². The molecule has 1 aliphatic rings. The van der Waals surface area contributed by atoms with Gasteiger partial charge in [0.1, 0.15) is 5.75 Å². The van der Waals surface area contributed by atoms with Gasteiger partial charge < -0.3 is 15.4 Å². The minimum absolute atomic E-state index is 0. The number of ether oxygens (including phenoxy) is 1. The van der Waals surface area contributed by atoms with E-state index in [2.05, 4.69) is 62.6 Å². The highest BCUT2D eigenvalue weighted by Gasteiger charge is 2.26. The Hall–Kier alpha value is -2.19. The van der Waals surface area contributed by atoms with E-state index < -0.39 is 0 Å². The Kier molecular flexibility index (Phi) is 9.71. The highest BCUT2D eigenvalue weighted by Crippen LogP contribution is 2.27. The van der Waals surface area contributed by atoms with Gasteiger partial charge >= 0.3 is 0 Å². The maximum absolute atomic E-state index is 5.61. The Labute approximate surface area is 195 Å². The SMILES string of the molecule is CCn1nnnc1-c1ccc(OC)c(CN[C@H]2CCCN[C@H]2c2ccccc2)c1.Cl.Cl. The Morgan fingerprint density at radius 1 is 1.16 bits per heavy atom. The summed E-state index contributed by atoms with van der Waals surface area (Å²) in [7, 11) is 1.71. The van der Waals surface area contributed by atoms with Gasteiger partial charge in [0.2, 0.25) is 0 Å². The maximum atomic E-state index is 5.61. The molecule has 31 heavy (non-hydrogen) atoms. The molecule has 2 heterocycles. The van der Waals surface area contributed by atoms with Gasteiger partial charge in [-0.3, -0.25) is 0 Å². The second-order valence-corrected chi connectivity index (χ2v) is 7.32. The molecular formula is C22H30Cl2N6O. The number of tetrazole rings is 1. The van der Waals surface area contributed by atoms with Crippen molar-refractivity contribution in [3.63, 3.8) is 0 Å². The highest BCUT2D eigenvalue weighted by atomic mass is 35.5. The maximum Gasteiger partial charge on any atom is 0.182 e. The Balaban J connectivity index is 0.00000171. The van der Waals surface area contributed by atoms with E-state index >= 15 is 0 Å². The summed E-state index contributed by atoms with van der Waals surface area (Å²) in [5.74, 6) is 1.65.